The van der Waals surface area contributed by atoms with Crippen LogP contribution in [0.2, 0.25) is 0 Å². The topological polar surface area (TPSA) is 78.3 Å². The van der Waals surface area contributed by atoms with E-state index in [0.717, 1.165) is 30.6 Å². The van der Waals surface area contributed by atoms with E-state index in [4.69, 9.17) is 0 Å². The molecule has 1 aliphatic rings. The zero-order valence-corrected chi connectivity index (χ0v) is 16.6. The highest BCUT2D eigenvalue weighted by Crippen LogP contribution is 2.36. The zero-order valence-electron chi connectivity index (χ0n) is 16.6. The van der Waals surface area contributed by atoms with Crippen LogP contribution in [0.3, 0.4) is 0 Å². The van der Waals surface area contributed by atoms with Gasteiger partial charge in [-0.15, -0.1) is 0 Å². The summed E-state index contributed by atoms with van der Waals surface area (Å²) in [6.45, 7) is 11.0. The first-order chi connectivity index (χ1) is 12.6. The Bertz CT molecular complexity index is 937. The molecule has 0 amide bonds. The summed E-state index contributed by atoms with van der Waals surface area (Å²) in [5.41, 5.74) is 1.07. The Morgan fingerprint density at radius 1 is 1.26 bits per heavy atom. The number of nitrogens with zero attached hydrogens (tertiary/aromatic N) is 2. The van der Waals surface area contributed by atoms with Crippen LogP contribution in [0.5, 0.6) is 5.75 Å². The van der Waals surface area contributed by atoms with Gasteiger partial charge in [0.1, 0.15) is 5.75 Å². The lowest BCUT2D eigenvalue weighted by Crippen LogP contribution is -2.34. The van der Waals surface area contributed by atoms with Gasteiger partial charge in [-0.2, -0.15) is 0 Å². The molecule has 0 saturated carbocycles. The Morgan fingerprint density at radius 3 is 2.63 bits per heavy atom. The Balaban J connectivity index is 2.09. The average Bonchev–Trinajstić information content (AvgIpc) is 2.56. The lowest BCUT2D eigenvalue weighted by Gasteiger charge is -2.32. The fourth-order valence-corrected chi connectivity index (χ4v) is 3.80. The highest BCUT2D eigenvalue weighted by atomic mass is 16.3. The van der Waals surface area contributed by atoms with Gasteiger partial charge in [-0.3, -0.25) is 19.2 Å². The lowest BCUT2D eigenvalue weighted by atomic mass is 9.84. The molecular weight excluding hydrogens is 342 g/mol. The maximum atomic E-state index is 12.3. The molecule has 1 aromatic heterocycles. The molecule has 1 aliphatic heterocycles. The summed E-state index contributed by atoms with van der Waals surface area (Å²) in [4.78, 5) is 28.3. The first-order valence-electron chi connectivity index (χ1n) is 9.56. The molecule has 6 nitrogen and oxygen atoms in total. The Kier molecular flexibility index (Phi) is 5.29. The normalized spacial score (nSPS) is 18.6. The van der Waals surface area contributed by atoms with E-state index >= 15 is 0 Å². The maximum Gasteiger partial charge on any atom is 0.332 e. The van der Waals surface area contributed by atoms with Gasteiger partial charge >= 0.3 is 5.69 Å². The molecule has 146 valence electrons. The number of benzene rings is 1. The van der Waals surface area contributed by atoms with Crippen LogP contribution in [0.1, 0.15) is 51.7 Å². The number of hydrogen-bond donors (Lipinski definition) is 2. The molecule has 1 unspecified atom stereocenters. The van der Waals surface area contributed by atoms with Crippen molar-refractivity contribution in [1.29, 1.82) is 0 Å². The van der Waals surface area contributed by atoms with Gasteiger partial charge in [0.05, 0.1) is 5.69 Å². The van der Waals surface area contributed by atoms with E-state index in [-0.39, 0.29) is 5.41 Å². The van der Waals surface area contributed by atoms with Crippen molar-refractivity contribution in [2.24, 2.45) is 5.92 Å². The van der Waals surface area contributed by atoms with Crippen molar-refractivity contribution in [1.82, 2.24) is 14.5 Å². The third kappa shape index (κ3) is 4.33. The van der Waals surface area contributed by atoms with Crippen LogP contribution in [-0.2, 0) is 12.0 Å². The number of aromatic hydroxyl groups is 1. The molecule has 2 heterocycles. The van der Waals surface area contributed by atoms with Gasteiger partial charge in [-0.05, 0) is 42.9 Å². The first-order valence-corrected chi connectivity index (χ1v) is 9.56. The number of likely N-dealkylation sites (tertiary alicyclic amines) is 1. The monoisotopic (exact) mass is 371 g/mol. The predicted octanol–water partition coefficient (Wildman–Crippen LogP) is 2.76. The summed E-state index contributed by atoms with van der Waals surface area (Å²) in [6.07, 6.45) is 3.88. The first kappa shape index (κ1) is 19.4. The molecule has 3 rings (SSSR count). The smallest absolute Gasteiger partial charge is 0.332 e. The van der Waals surface area contributed by atoms with Crippen molar-refractivity contribution in [2.45, 2.75) is 52.5 Å². The van der Waals surface area contributed by atoms with E-state index < -0.39 is 11.2 Å². The van der Waals surface area contributed by atoms with Gasteiger partial charge in [-0.1, -0.05) is 27.7 Å². The second kappa shape index (κ2) is 7.35. The van der Waals surface area contributed by atoms with E-state index in [1.54, 1.807) is 0 Å². The summed E-state index contributed by atoms with van der Waals surface area (Å²) in [7, 11) is 0. The van der Waals surface area contributed by atoms with Crippen LogP contribution in [-0.4, -0.2) is 32.6 Å². The summed E-state index contributed by atoms with van der Waals surface area (Å²) in [5, 5.41) is 10.9. The van der Waals surface area contributed by atoms with Crippen molar-refractivity contribution < 1.29 is 5.11 Å². The summed E-state index contributed by atoms with van der Waals surface area (Å²) in [6, 6.07) is 5.01. The Labute approximate surface area is 159 Å². The fourth-order valence-electron chi connectivity index (χ4n) is 3.80. The molecule has 6 heteroatoms. The number of aromatic amines is 1. The average molecular weight is 371 g/mol. The molecule has 1 saturated heterocycles. The Morgan fingerprint density at radius 2 is 2.00 bits per heavy atom. The predicted molar refractivity (Wildman–Crippen MR) is 107 cm³/mol. The molecule has 2 aromatic rings. The van der Waals surface area contributed by atoms with Crippen molar-refractivity contribution in [3.8, 4) is 11.4 Å². The van der Waals surface area contributed by atoms with E-state index in [9.17, 15) is 14.7 Å². The van der Waals surface area contributed by atoms with Crippen LogP contribution in [0.15, 0.2) is 34.0 Å². The largest absolute Gasteiger partial charge is 0.507 e. The SMILES string of the molecule is CC1CCCN(Cc2cc(-n3ccc(=O)[nH]c3=O)cc(C(C)(C)C)c2O)C1. The zero-order chi connectivity index (χ0) is 19.8. The molecule has 0 bridgehead atoms. The Hall–Kier alpha value is -2.34. The van der Waals surface area contributed by atoms with E-state index in [0.29, 0.717) is 23.9 Å². The van der Waals surface area contributed by atoms with Crippen LogP contribution >= 0.6 is 0 Å². The van der Waals surface area contributed by atoms with Gasteiger partial charge in [0.2, 0.25) is 0 Å². The minimum Gasteiger partial charge on any atom is -0.507 e. The molecule has 1 atom stereocenters. The van der Waals surface area contributed by atoms with E-state index in [2.05, 4.69) is 16.8 Å². The van der Waals surface area contributed by atoms with Crippen LogP contribution < -0.4 is 11.2 Å². The molecule has 1 aromatic carbocycles. The molecule has 2 N–H and O–H groups in total. The van der Waals surface area contributed by atoms with Gasteiger partial charge in [0.15, 0.2) is 0 Å². The second-order valence-electron chi connectivity index (χ2n) is 8.71. The van der Waals surface area contributed by atoms with E-state index in [1.807, 2.05) is 32.9 Å². The fraction of sp³-hybridized carbons (Fsp3) is 0.524. The van der Waals surface area contributed by atoms with Crippen molar-refractivity contribution >= 4 is 0 Å². The summed E-state index contributed by atoms with van der Waals surface area (Å²) >= 11 is 0. The molecule has 0 aliphatic carbocycles. The number of piperidine rings is 1. The van der Waals surface area contributed by atoms with Crippen molar-refractivity contribution in [2.75, 3.05) is 13.1 Å². The van der Waals surface area contributed by atoms with Gasteiger partial charge in [0.25, 0.3) is 5.56 Å². The lowest BCUT2D eigenvalue weighted by molar-refractivity contribution is 0.175. The van der Waals surface area contributed by atoms with Crippen molar-refractivity contribution in [3.63, 3.8) is 0 Å². The maximum absolute atomic E-state index is 12.3. The highest BCUT2D eigenvalue weighted by Gasteiger charge is 2.24. The number of hydrogen-bond acceptors (Lipinski definition) is 4. The highest BCUT2D eigenvalue weighted by molar-refractivity contribution is 5.52. The van der Waals surface area contributed by atoms with Crippen LogP contribution in [0.4, 0.5) is 0 Å². The third-order valence-electron chi connectivity index (χ3n) is 5.22. The summed E-state index contributed by atoms with van der Waals surface area (Å²) in [5.74, 6) is 0.940. The van der Waals surface area contributed by atoms with Gasteiger partial charge in [-0.25, -0.2) is 4.79 Å². The number of phenolic OH excluding ortho intramolecular Hbond substituents is 1. The molecule has 1 fully saturated rings. The quantitative estimate of drug-likeness (QED) is 0.870. The summed E-state index contributed by atoms with van der Waals surface area (Å²) < 4.78 is 1.42. The number of rotatable bonds is 3. The van der Waals surface area contributed by atoms with Crippen LogP contribution in [0, 0.1) is 5.92 Å². The minimum absolute atomic E-state index is 0.282. The van der Waals surface area contributed by atoms with Crippen molar-refractivity contribution in [3.05, 3.63) is 56.4 Å². The molecule has 0 spiro atoms. The second-order valence-corrected chi connectivity index (χ2v) is 8.71. The molecular formula is C21H29N3O3. The minimum atomic E-state index is -0.481. The van der Waals surface area contributed by atoms with Gasteiger partial charge < -0.3 is 5.11 Å². The van der Waals surface area contributed by atoms with E-state index in [1.165, 1.54) is 23.3 Å². The number of H-pyrrole nitrogens is 1. The van der Waals surface area contributed by atoms with Crippen LogP contribution in [0.25, 0.3) is 5.69 Å². The number of phenols is 1. The third-order valence-corrected chi connectivity index (χ3v) is 5.22. The number of nitrogens with one attached hydrogen (secondary N) is 1. The standard InChI is InChI=1S/C21H29N3O3/c1-14-6-5-8-23(12-14)13-15-10-16(11-17(19(15)26)21(2,3)4)24-9-7-18(25)22-20(24)27/h7,9-11,14,26H,5-6,8,12-13H2,1-4H3,(H,22,25,27). The molecule has 0 radical (unpaired) electrons. The number of aromatic nitrogens is 2. The van der Waals surface area contributed by atoms with Gasteiger partial charge in [0, 0.05) is 36.5 Å². The molecule has 27 heavy (non-hydrogen) atoms.